The Morgan fingerprint density at radius 2 is 2.05 bits per heavy atom. The van der Waals surface area contributed by atoms with E-state index in [1.165, 1.54) is 0 Å². The Labute approximate surface area is 132 Å². The van der Waals surface area contributed by atoms with Gasteiger partial charge < -0.3 is 10.6 Å². The number of nitrogens with zero attached hydrogens (tertiary/aromatic N) is 2. The molecule has 2 aromatic rings. The Morgan fingerprint density at radius 1 is 1.27 bits per heavy atom. The minimum atomic E-state index is 0.0635. The molecule has 1 aliphatic carbocycles. The highest BCUT2D eigenvalue weighted by Crippen LogP contribution is 2.30. The Balaban J connectivity index is 1.75. The molecule has 3 rings (SSSR count). The molecule has 0 saturated heterocycles. The number of aromatic nitrogens is 1. The third-order valence-electron chi connectivity index (χ3n) is 3.30. The highest BCUT2D eigenvalue weighted by Gasteiger charge is 2.29. The zero-order valence-corrected chi connectivity index (χ0v) is 12.4. The minimum Gasteiger partial charge on any atom is -0.340 e. The van der Waals surface area contributed by atoms with Crippen molar-refractivity contribution in [2.75, 3.05) is 10.6 Å². The predicted molar refractivity (Wildman–Crippen MR) is 85.0 cm³/mol. The summed E-state index contributed by atoms with van der Waals surface area (Å²) in [6.45, 7) is 0. The number of hydrogen-bond donors (Lipinski definition) is 2. The molecule has 0 bridgehead atoms. The molecule has 1 fully saturated rings. The SMILES string of the molecule is N#Cc1nc(Nc2cccc(NC(=O)C3CC3)c2)ccc1Cl. The number of pyridine rings is 1. The molecule has 5 nitrogen and oxygen atoms in total. The molecule has 22 heavy (non-hydrogen) atoms. The van der Waals surface area contributed by atoms with Gasteiger partial charge in [0.15, 0.2) is 5.69 Å². The molecule has 1 saturated carbocycles. The summed E-state index contributed by atoms with van der Waals surface area (Å²) in [4.78, 5) is 15.9. The number of nitriles is 1. The van der Waals surface area contributed by atoms with Crippen molar-refractivity contribution in [1.29, 1.82) is 5.26 Å². The van der Waals surface area contributed by atoms with Crippen LogP contribution < -0.4 is 10.6 Å². The molecule has 1 amide bonds. The van der Waals surface area contributed by atoms with Gasteiger partial charge in [0.05, 0.1) is 5.02 Å². The fourth-order valence-corrected chi connectivity index (χ4v) is 2.15. The largest absolute Gasteiger partial charge is 0.340 e. The van der Waals surface area contributed by atoms with Crippen molar-refractivity contribution in [3.8, 4) is 6.07 Å². The maximum Gasteiger partial charge on any atom is 0.227 e. The molecule has 0 spiro atoms. The summed E-state index contributed by atoms with van der Waals surface area (Å²) in [5, 5.41) is 15.2. The maximum absolute atomic E-state index is 11.8. The first kappa shape index (κ1) is 14.4. The number of carbonyl (C=O) groups excluding carboxylic acids is 1. The number of hydrogen-bond acceptors (Lipinski definition) is 4. The second-order valence-corrected chi connectivity index (χ2v) is 5.52. The molecular formula is C16H13ClN4O. The fourth-order valence-electron chi connectivity index (χ4n) is 2.00. The van der Waals surface area contributed by atoms with Crippen molar-refractivity contribution in [2.45, 2.75) is 12.8 Å². The minimum absolute atomic E-state index is 0.0635. The number of halogens is 1. The van der Waals surface area contributed by atoms with Gasteiger partial charge in [-0.15, -0.1) is 0 Å². The predicted octanol–water partition coefficient (Wildman–Crippen LogP) is 3.70. The van der Waals surface area contributed by atoms with E-state index in [0.717, 1.165) is 24.2 Å². The summed E-state index contributed by atoms with van der Waals surface area (Å²) >= 11 is 5.86. The molecule has 2 N–H and O–H groups in total. The highest BCUT2D eigenvalue weighted by atomic mass is 35.5. The first-order valence-corrected chi connectivity index (χ1v) is 7.28. The van der Waals surface area contributed by atoms with Gasteiger partial charge in [-0.05, 0) is 43.2 Å². The lowest BCUT2D eigenvalue weighted by molar-refractivity contribution is -0.117. The van der Waals surface area contributed by atoms with E-state index in [9.17, 15) is 4.79 Å². The molecule has 1 aromatic carbocycles. The molecule has 1 aromatic heterocycles. The lowest BCUT2D eigenvalue weighted by Crippen LogP contribution is -2.13. The molecule has 1 aliphatic rings. The van der Waals surface area contributed by atoms with E-state index in [4.69, 9.17) is 16.9 Å². The Kier molecular flexibility index (Phi) is 3.94. The summed E-state index contributed by atoms with van der Waals surface area (Å²) in [5.74, 6) is 0.743. The van der Waals surface area contributed by atoms with Crippen LogP contribution in [0, 0.1) is 17.2 Å². The topological polar surface area (TPSA) is 77.8 Å². The van der Waals surface area contributed by atoms with E-state index in [-0.39, 0.29) is 17.5 Å². The molecule has 0 unspecified atom stereocenters. The quantitative estimate of drug-likeness (QED) is 0.902. The van der Waals surface area contributed by atoms with Crippen LogP contribution in [-0.2, 0) is 4.79 Å². The van der Waals surface area contributed by atoms with Crippen LogP contribution in [0.15, 0.2) is 36.4 Å². The van der Waals surface area contributed by atoms with Crippen molar-refractivity contribution in [3.63, 3.8) is 0 Å². The van der Waals surface area contributed by atoms with Crippen LogP contribution in [0.2, 0.25) is 5.02 Å². The van der Waals surface area contributed by atoms with Gasteiger partial charge in [-0.25, -0.2) is 4.98 Å². The van der Waals surface area contributed by atoms with E-state index in [2.05, 4.69) is 15.6 Å². The van der Waals surface area contributed by atoms with Crippen LogP contribution in [0.3, 0.4) is 0 Å². The summed E-state index contributed by atoms with van der Waals surface area (Å²) in [6.07, 6.45) is 1.94. The van der Waals surface area contributed by atoms with Crippen molar-refractivity contribution >= 4 is 34.7 Å². The Hall–Kier alpha value is -2.58. The van der Waals surface area contributed by atoms with Gasteiger partial charge >= 0.3 is 0 Å². The molecular weight excluding hydrogens is 300 g/mol. The van der Waals surface area contributed by atoms with E-state index in [1.54, 1.807) is 12.1 Å². The average molecular weight is 313 g/mol. The van der Waals surface area contributed by atoms with Crippen LogP contribution in [0.5, 0.6) is 0 Å². The lowest BCUT2D eigenvalue weighted by atomic mass is 10.2. The highest BCUT2D eigenvalue weighted by molar-refractivity contribution is 6.31. The third kappa shape index (κ3) is 3.35. The third-order valence-corrected chi connectivity index (χ3v) is 3.61. The smallest absolute Gasteiger partial charge is 0.227 e. The number of rotatable bonds is 4. The van der Waals surface area contributed by atoms with Gasteiger partial charge in [-0.3, -0.25) is 4.79 Å². The summed E-state index contributed by atoms with van der Waals surface area (Å²) in [5.41, 5.74) is 1.67. The number of carbonyl (C=O) groups is 1. The number of benzene rings is 1. The monoisotopic (exact) mass is 312 g/mol. The average Bonchev–Trinajstić information content (AvgIpc) is 3.34. The van der Waals surface area contributed by atoms with E-state index in [0.29, 0.717) is 10.8 Å². The molecule has 0 atom stereocenters. The van der Waals surface area contributed by atoms with Crippen LogP contribution in [-0.4, -0.2) is 10.9 Å². The molecule has 6 heteroatoms. The maximum atomic E-state index is 11.8. The van der Waals surface area contributed by atoms with Crippen molar-refractivity contribution in [1.82, 2.24) is 4.98 Å². The normalized spacial score (nSPS) is 13.3. The van der Waals surface area contributed by atoms with Gasteiger partial charge in [0, 0.05) is 17.3 Å². The first-order chi connectivity index (χ1) is 10.7. The number of amides is 1. The second-order valence-electron chi connectivity index (χ2n) is 5.11. The fraction of sp³-hybridized carbons (Fsp3) is 0.188. The molecule has 0 radical (unpaired) electrons. The number of nitrogens with one attached hydrogen (secondary N) is 2. The van der Waals surface area contributed by atoms with Gasteiger partial charge in [0.2, 0.25) is 5.91 Å². The van der Waals surface area contributed by atoms with Crippen LogP contribution in [0.25, 0.3) is 0 Å². The lowest BCUT2D eigenvalue weighted by Gasteiger charge is -2.09. The first-order valence-electron chi connectivity index (χ1n) is 6.90. The molecule has 110 valence electrons. The summed E-state index contributed by atoms with van der Waals surface area (Å²) in [7, 11) is 0. The number of anilines is 3. The van der Waals surface area contributed by atoms with Gasteiger partial charge in [0.25, 0.3) is 0 Å². The van der Waals surface area contributed by atoms with Gasteiger partial charge in [-0.1, -0.05) is 17.7 Å². The van der Waals surface area contributed by atoms with Crippen molar-refractivity contribution in [2.24, 2.45) is 5.92 Å². The van der Waals surface area contributed by atoms with Crippen molar-refractivity contribution < 1.29 is 4.79 Å². The zero-order valence-electron chi connectivity index (χ0n) is 11.6. The zero-order chi connectivity index (χ0) is 15.5. The van der Waals surface area contributed by atoms with Crippen molar-refractivity contribution in [3.05, 3.63) is 47.1 Å². The summed E-state index contributed by atoms with van der Waals surface area (Å²) in [6, 6.07) is 12.6. The van der Waals surface area contributed by atoms with E-state index < -0.39 is 0 Å². The second kappa shape index (κ2) is 6.04. The van der Waals surface area contributed by atoms with Gasteiger partial charge in [-0.2, -0.15) is 5.26 Å². The van der Waals surface area contributed by atoms with E-state index >= 15 is 0 Å². The molecule has 0 aliphatic heterocycles. The summed E-state index contributed by atoms with van der Waals surface area (Å²) < 4.78 is 0. The standard InChI is InChI=1S/C16H13ClN4O/c17-13-6-7-15(21-14(13)9-18)19-11-2-1-3-12(8-11)20-16(22)10-4-5-10/h1-3,6-8,10H,4-5H2,(H,19,21)(H,20,22). The van der Waals surface area contributed by atoms with Gasteiger partial charge in [0.1, 0.15) is 11.9 Å². The van der Waals surface area contributed by atoms with Crippen LogP contribution >= 0.6 is 11.6 Å². The van der Waals surface area contributed by atoms with Crippen LogP contribution in [0.4, 0.5) is 17.2 Å². The van der Waals surface area contributed by atoms with E-state index in [1.807, 2.05) is 30.3 Å². The van der Waals surface area contributed by atoms with Crippen LogP contribution in [0.1, 0.15) is 18.5 Å². The Morgan fingerprint density at radius 3 is 2.77 bits per heavy atom. The Bertz CT molecular complexity index is 765. The molecule has 1 heterocycles.